The summed E-state index contributed by atoms with van der Waals surface area (Å²) in [4.78, 5) is 36.8. The first-order valence-corrected chi connectivity index (χ1v) is 9.47. The second-order valence-electron chi connectivity index (χ2n) is 6.24. The van der Waals surface area contributed by atoms with Gasteiger partial charge in [0.2, 0.25) is 0 Å². The van der Waals surface area contributed by atoms with Crippen LogP contribution in [0.25, 0.3) is 0 Å². The number of carbonyl (C=O) groups excluding carboxylic acids is 3. The fourth-order valence-electron chi connectivity index (χ4n) is 2.27. The third-order valence-corrected chi connectivity index (χ3v) is 4.61. The van der Waals surface area contributed by atoms with E-state index in [1.807, 2.05) is 0 Å². The van der Waals surface area contributed by atoms with Gasteiger partial charge in [0.15, 0.2) is 12.4 Å². The van der Waals surface area contributed by atoms with Crippen molar-refractivity contribution in [1.82, 2.24) is 5.32 Å². The molecular weight excluding hydrogens is 434 g/mol. The van der Waals surface area contributed by atoms with Gasteiger partial charge in [-0.2, -0.15) is 0 Å². The summed E-state index contributed by atoms with van der Waals surface area (Å²) in [5.74, 6) is -1.60. The number of hydrogen-bond donors (Lipinski definition) is 1. The number of carbonyl (C=O) groups is 3. The number of nitrogens with one attached hydrogen (secondary N) is 1. The molecule has 142 valence electrons. The lowest BCUT2D eigenvalue weighted by Gasteiger charge is -2.20. The summed E-state index contributed by atoms with van der Waals surface area (Å²) in [6, 6.07) is 12.2. The average molecular weight is 453 g/mol. The number of Topliss-reactive ketones (excluding diaryl/α,β-unsaturated/α-hetero) is 1. The second kappa shape index (κ2) is 9.67. The topological polar surface area (TPSA) is 72.5 Å². The molecule has 0 spiro atoms. The van der Waals surface area contributed by atoms with E-state index in [0.29, 0.717) is 16.1 Å². The molecule has 0 bridgehead atoms. The van der Waals surface area contributed by atoms with Gasteiger partial charge in [0, 0.05) is 20.6 Å². The molecular formula is C20H19BrClNO4. The molecule has 0 aliphatic rings. The molecule has 7 heteroatoms. The summed E-state index contributed by atoms with van der Waals surface area (Å²) in [5.41, 5.74) is 0.820. The first kappa shape index (κ1) is 21.1. The fraction of sp³-hybridized carbons (Fsp3) is 0.250. The average Bonchev–Trinajstić information content (AvgIpc) is 2.64. The minimum absolute atomic E-state index is 0.212. The number of ether oxygens (including phenoxy) is 1. The molecule has 2 rings (SSSR count). The maximum Gasteiger partial charge on any atom is 0.329 e. The van der Waals surface area contributed by atoms with Crippen LogP contribution in [0.3, 0.4) is 0 Å². The number of benzene rings is 2. The van der Waals surface area contributed by atoms with Gasteiger partial charge in [0.25, 0.3) is 5.91 Å². The number of hydrogen-bond acceptors (Lipinski definition) is 4. The van der Waals surface area contributed by atoms with Crippen molar-refractivity contribution in [2.45, 2.75) is 19.9 Å². The predicted molar refractivity (Wildman–Crippen MR) is 107 cm³/mol. The fourth-order valence-corrected chi connectivity index (χ4v) is 2.66. The second-order valence-corrected chi connectivity index (χ2v) is 7.59. The third kappa shape index (κ3) is 6.19. The van der Waals surface area contributed by atoms with E-state index < -0.39 is 17.9 Å². The molecule has 0 saturated heterocycles. The van der Waals surface area contributed by atoms with Crippen molar-refractivity contribution in [3.63, 3.8) is 0 Å². The predicted octanol–water partition coefficient (Wildman–Crippen LogP) is 4.28. The molecule has 0 radical (unpaired) electrons. The van der Waals surface area contributed by atoms with Crippen LogP contribution in [0.1, 0.15) is 34.6 Å². The quantitative estimate of drug-likeness (QED) is 0.503. The van der Waals surface area contributed by atoms with Crippen LogP contribution in [0, 0.1) is 5.92 Å². The van der Waals surface area contributed by atoms with Crippen molar-refractivity contribution in [2.75, 3.05) is 6.61 Å². The van der Waals surface area contributed by atoms with Crippen molar-refractivity contribution < 1.29 is 19.1 Å². The maximum absolute atomic E-state index is 12.4. The number of amides is 1. The van der Waals surface area contributed by atoms with Gasteiger partial charge in [-0.3, -0.25) is 9.59 Å². The molecule has 0 unspecified atom stereocenters. The Labute approximate surface area is 171 Å². The van der Waals surface area contributed by atoms with Gasteiger partial charge in [-0.05, 0) is 42.3 Å². The van der Waals surface area contributed by atoms with E-state index in [0.717, 1.165) is 4.47 Å². The monoisotopic (exact) mass is 451 g/mol. The number of ketones is 1. The van der Waals surface area contributed by atoms with Crippen LogP contribution >= 0.6 is 27.5 Å². The highest BCUT2D eigenvalue weighted by atomic mass is 79.9. The Hall–Kier alpha value is -2.18. The van der Waals surface area contributed by atoms with Crippen LogP contribution in [0.5, 0.6) is 0 Å². The van der Waals surface area contributed by atoms with Crippen LogP contribution in [-0.4, -0.2) is 30.3 Å². The lowest BCUT2D eigenvalue weighted by molar-refractivity contribution is -0.145. The number of halogens is 2. The lowest BCUT2D eigenvalue weighted by atomic mass is 10.0. The Kier molecular flexibility index (Phi) is 7.56. The Bertz CT molecular complexity index is 819. The zero-order valence-corrected chi connectivity index (χ0v) is 17.2. The Morgan fingerprint density at radius 1 is 1.00 bits per heavy atom. The van der Waals surface area contributed by atoms with Crippen molar-refractivity contribution in [1.29, 1.82) is 0 Å². The van der Waals surface area contributed by atoms with Gasteiger partial charge >= 0.3 is 5.97 Å². The number of esters is 1. The summed E-state index contributed by atoms with van der Waals surface area (Å²) in [7, 11) is 0. The molecule has 5 nitrogen and oxygen atoms in total. The molecule has 1 N–H and O–H groups in total. The highest BCUT2D eigenvalue weighted by Crippen LogP contribution is 2.13. The molecule has 1 amide bonds. The number of rotatable bonds is 7. The minimum Gasteiger partial charge on any atom is -0.456 e. The van der Waals surface area contributed by atoms with Crippen LogP contribution in [-0.2, 0) is 9.53 Å². The SMILES string of the molecule is CC(C)[C@H](NC(=O)c1ccc(Cl)cc1)C(=O)OCC(=O)c1ccc(Br)cc1. The van der Waals surface area contributed by atoms with Gasteiger partial charge in [-0.1, -0.05) is 53.5 Å². The van der Waals surface area contributed by atoms with E-state index >= 15 is 0 Å². The van der Waals surface area contributed by atoms with Crippen molar-refractivity contribution in [3.05, 3.63) is 69.2 Å². The lowest BCUT2D eigenvalue weighted by Crippen LogP contribution is -2.45. The Morgan fingerprint density at radius 2 is 1.56 bits per heavy atom. The highest BCUT2D eigenvalue weighted by Gasteiger charge is 2.27. The normalized spacial score (nSPS) is 11.7. The van der Waals surface area contributed by atoms with Crippen molar-refractivity contribution in [2.24, 2.45) is 5.92 Å². The van der Waals surface area contributed by atoms with Crippen LogP contribution in [0.4, 0.5) is 0 Å². The molecule has 0 aliphatic heterocycles. The summed E-state index contributed by atoms with van der Waals surface area (Å²) >= 11 is 9.11. The van der Waals surface area contributed by atoms with Gasteiger partial charge in [0.1, 0.15) is 6.04 Å². The van der Waals surface area contributed by atoms with Crippen LogP contribution in [0.2, 0.25) is 5.02 Å². The molecule has 0 aromatic heterocycles. The van der Waals surface area contributed by atoms with Crippen molar-refractivity contribution >= 4 is 45.2 Å². The van der Waals surface area contributed by atoms with E-state index in [4.69, 9.17) is 16.3 Å². The molecule has 2 aromatic carbocycles. The molecule has 2 aromatic rings. The minimum atomic E-state index is -0.870. The molecule has 0 saturated carbocycles. The summed E-state index contributed by atoms with van der Waals surface area (Å²) in [5, 5.41) is 3.16. The molecule has 0 heterocycles. The first-order valence-electron chi connectivity index (χ1n) is 8.29. The van der Waals surface area contributed by atoms with E-state index in [-0.39, 0.29) is 18.3 Å². The molecule has 0 aliphatic carbocycles. The summed E-state index contributed by atoms with van der Waals surface area (Å²) in [6.45, 7) is 3.18. The maximum atomic E-state index is 12.4. The smallest absolute Gasteiger partial charge is 0.329 e. The standard InChI is InChI=1S/C20H19BrClNO4/c1-12(2)18(23-19(25)14-5-9-16(22)10-6-14)20(26)27-11-17(24)13-3-7-15(21)8-4-13/h3-10,12,18H,11H2,1-2H3,(H,23,25)/t18-/m0/s1. The molecule has 27 heavy (non-hydrogen) atoms. The summed E-state index contributed by atoms with van der Waals surface area (Å²) < 4.78 is 5.98. The van der Waals surface area contributed by atoms with Crippen LogP contribution < -0.4 is 5.32 Å². The Morgan fingerprint density at radius 3 is 2.11 bits per heavy atom. The van der Waals surface area contributed by atoms with Crippen molar-refractivity contribution in [3.8, 4) is 0 Å². The molecule has 0 fully saturated rings. The van der Waals surface area contributed by atoms with Gasteiger partial charge in [0.05, 0.1) is 0 Å². The zero-order chi connectivity index (χ0) is 20.0. The largest absolute Gasteiger partial charge is 0.456 e. The van der Waals surface area contributed by atoms with Crippen LogP contribution in [0.15, 0.2) is 53.0 Å². The third-order valence-electron chi connectivity index (χ3n) is 3.83. The van der Waals surface area contributed by atoms with Gasteiger partial charge in [-0.25, -0.2) is 4.79 Å². The highest BCUT2D eigenvalue weighted by molar-refractivity contribution is 9.10. The van der Waals surface area contributed by atoms with Gasteiger partial charge < -0.3 is 10.1 Å². The van der Waals surface area contributed by atoms with E-state index in [2.05, 4.69) is 21.2 Å². The van der Waals surface area contributed by atoms with Gasteiger partial charge in [-0.15, -0.1) is 0 Å². The molecule has 1 atom stereocenters. The van der Waals surface area contributed by atoms with E-state index in [9.17, 15) is 14.4 Å². The van der Waals surface area contributed by atoms with E-state index in [1.165, 1.54) is 0 Å². The zero-order valence-electron chi connectivity index (χ0n) is 14.9. The first-order chi connectivity index (χ1) is 12.8. The van der Waals surface area contributed by atoms with E-state index in [1.54, 1.807) is 62.4 Å². The Balaban J connectivity index is 1.97. The summed E-state index contributed by atoms with van der Waals surface area (Å²) in [6.07, 6.45) is 0.